The van der Waals surface area contributed by atoms with Crippen LogP contribution in [0.5, 0.6) is 5.75 Å². The van der Waals surface area contributed by atoms with Crippen LogP contribution in [0.25, 0.3) is 16.5 Å². The average Bonchev–Trinajstić information content (AvgIpc) is 3.53. The van der Waals surface area contributed by atoms with E-state index in [4.69, 9.17) is 16.3 Å². The molecule has 0 bridgehead atoms. The Labute approximate surface area is 174 Å². The number of benzene rings is 2. The number of amides is 1. The fourth-order valence-electron chi connectivity index (χ4n) is 3.25. The van der Waals surface area contributed by atoms with Crippen molar-refractivity contribution in [3.63, 3.8) is 0 Å². The molecule has 2 aromatic carbocycles. The fraction of sp³-hybridized carbons (Fsp3) is 0.304. The van der Waals surface area contributed by atoms with Crippen molar-refractivity contribution in [3.8, 4) is 11.4 Å². The summed E-state index contributed by atoms with van der Waals surface area (Å²) in [6, 6.07) is 13.1. The van der Waals surface area contributed by atoms with Crippen molar-refractivity contribution < 1.29 is 9.53 Å². The number of alkyl halides is 1. The first-order valence-corrected chi connectivity index (χ1v) is 10.4. The van der Waals surface area contributed by atoms with Crippen molar-refractivity contribution in [2.45, 2.75) is 32.2 Å². The van der Waals surface area contributed by atoms with E-state index in [1.807, 2.05) is 31.2 Å². The molecular weight excluding hydrogens is 388 g/mol. The maximum atomic E-state index is 13.2. The summed E-state index contributed by atoms with van der Waals surface area (Å²) < 4.78 is 7.28. The van der Waals surface area contributed by atoms with Crippen LogP contribution in [0.2, 0.25) is 0 Å². The van der Waals surface area contributed by atoms with Gasteiger partial charge in [-0.3, -0.25) is 14.2 Å². The number of nitrogens with zero attached hydrogens (tertiary/aromatic N) is 1. The predicted molar refractivity (Wildman–Crippen MR) is 116 cm³/mol. The van der Waals surface area contributed by atoms with E-state index in [0.717, 1.165) is 30.2 Å². The lowest BCUT2D eigenvalue weighted by atomic mass is 10.1. The molecule has 0 unspecified atom stereocenters. The highest BCUT2D eigenvalue weighted by molar-refractivity contribution is 6.17. The SMILES string of the molecule is Cc1ccc(C(=O)NC2CC2)cc1-n1ccc2ccc(OCCCCl)cc2c1=O. The van der Waals surface area contributed by atoms with Gasteiger partial charge in [0.15, 0.2) is 0 Å². The quantitative estimate of drug-likeness (QED) is 0.469. The monoisotopic (exact) mass is 410 g/mol. The summed E-state index contributed by atoms with van der Waals surface area (Å²) >= 11 is 5.70. The number of halogens is 1. The van der Waals surface area contributed by atoms with Gasteiger partial charge in [-0.15, -0.1) is 11.6 Å². The van der Waals surface area contributed by atoms with Gasteiger partial charge in [0.2, 0.25) is 0 Å². The van der Waals surface area contributed by atoms with Gasteiger partial charge >= 0.3 is 0 Å². The van der Waals surface area contributed by atoms with Gasteiger partial charge < -0.3 is 10.1 Å². The first kappa shape index (κ1) is 19.5. The van der Waals surface area contributed by atoms with Crippen LogP contribution in [0, 0.1) is 6.92 Å². The Balaban J connectivity index is 1.72. The zero-order valence-electron chi connectivity index (χ0n) is 16.3. The molecule has 1 saturated carbocycles. The van der Waals surface area contributed by atoms with Crippen molar-refractivity contribution in [3.05, 3.63) is 70.1 Å². The number of rotatable bonds is 7. The molecule has 0 saturated heterocycles. The Hall–Kier alpha value is -2.79. The fourth-order valence-corrected chi connectivity index (χ4v) is 3.36. The van der Waals surface area contributed by atoms with E-state index in [2.05, 4.69) is 5.32 Å². The van der Waals surface area contributed by atoms with E-state index < -0.39 is 0 Å². The molecule has 1 heterocycles. The van der Waals surface area contributed by atoms with Crippen LogP contribution in [0.4, 0.5) is 0 Å². The molecule has 1 amide bonds. The third kappa shape index (κ3) is 4.30. The zero-order chi connectivity index (χ0) is 20.4. The van der Waals surface area contributed by atoms with Gasteiger partial charge in [-0.05, 0) is 67.5 Å². The van der Waals surface area contributed by atoms with Crippen LogP contribution < -0.4 is 15.6 Å². The van der Waals surface area contributed by atoms with Gasteiger partial charge in [-0.25, -0.2) is 0 Å². The molecular formula is C23H23ClN2O3. The second kappa shape index (κ2) is 8.29. The van der Waals surface area contributed by atoms with Gasteiger partial charge in [0.05, 0.1) is 17.7 Å². The highest BCUT2D eigenvalue weighted by Crippen LogP contribution is 2.22. The largest absolute Gasteiger partial charge is 0.494 e. The van der Waals surface area contributed by atoms with Crippen molar-refractivity contribution in [2.75, 3.05) is 12.5 Å². The average molecular weight is 411 g/mol. The lowest BCUT2D eigenvalue weighted by Crippen LogP contribution is -2.26. The maximum Gasteiger partial charge on any atom is 0.263 e. The Morgan fingerprint density at radius 1 is 1.21 bits per heavy atom. The summed E-state index contributed by atoms with van der Waals surface area (Å²) in [5.41, 5.74) is 2.04. The number of nitrogens with one attached hydrogen (secondary N) is 1. The summed E-state index contributed by atoms with van der Waals surface area (Å²) in [5, 5.41) is 4.41. The minimum atomic E-state index is -0.145. The first-order valence-electron chi connectivity index (χ1n) is 9.83. The van der Waals surface area contributed by atoms with Crippen molar-refractivity contribution in [1.82, 2.24) is 9.88 Å². The molecule has 0 radical (unpaired) electrons. The van der Waals surface area contributed by atoms with Crippen LogP contribution >= 0.6 is 11.6 Å². The Morgan fingerprint density at radius 3 is 2.79 bits per heavy atom. The topological polar surface area (TPSA) is 60.3 Å². The molecule has 150 valence electrons. The van der Waals surface area contributed by atoms with Crippen LogP contribution in [0.15, 0.2) is 53.5 Å². The van der Waals surface area contributed by atoms with E-state index in [0.29, 0.717) is 34.9 Å². The molecule has 1 aliphatic rings. The third-order valence-corrected chi connectivity index (χ3v) is 5.33. The van der Waals surface area contributed by atoms with Crippen molar-refractivity contribution in [1.29, 1.82) is 0 Å². The molecule has 0 aliphatic heterocycles. The van der Waals surface area contributed by atoms with Gasteiger partial charge in [-0.1, -0.05) is 12.1 Å². The van der Waals surface area contributed by atoms with Gasteiger partial charge in [0.1, 0.15) is 5.75 Å². The van der Waals surface area contributed by atoms with Crippen LogP contribution in [-0.2, 0) is 0 Å². The molecule has 0 atom stereocenters. The second-order valence-corrected chi connectivity index (χ2v) is 7.76. The van der Waals surface area contributed by atoms with Gasteiger partial charge in [0.25, 0.3) is 11.5 Å². The summed E-state index contributed by atoms with van der Waals surface area (Å²) in [6.45, 7) is 2.44. The van der Waals surface area contributed by atoms with Gasteiger partial charge in [0, 0.05) is 23.7 Å². The molecule has 4 rings (SSSR count). The van der Waals surface area contributed by atoms with Crippen LogP contribution in [0.3, 0.4) is 0 Å². The number of aryl methyl sites for hydroxylation is 1. The number of fused-ring (bicyclic) bond motifs is 1. The number of carbonyl (C=O) groups is 1. The van der Waals surface area contributed by atoms with E-state index in [-0.39, 0.29) is 17.5 Å². The predicted octanol–water partition coefficient (Wildman–Crippen LogP) is 4.20. The molecule has 6 heteroatoms. The summed E-state index contributed by atoms with van der Waals surface area (Å²) in [4.78, 5) is 25.7. The summed E-state index contributed by atoms with van der Waals surface area (Å²) in [6.07, 6.45) is 4.56. The van der Waals surface area contributed by atoms with E-state index in [1.54, 1.807) is 29.0 Å². The number of pyridine rings is 1. The van der Waals surface area contributed by atoms with Crippen molar-refractivity contribution in [2.24, 2.45) is 0 Å². The third-order valence-electron chi connectivity index (χ3n) is 5.07. The van der Waals surface area contributed by atoms with Crippen molar-refractivity contribution >= 4 is 28.3 Å². The maximum absolute atomic E-state index is 13.2. The molecule has 0 spiro atoms. The Kier molecular flexibility index (Phi) is 5.58. The molecule has 1 N–H and O–H groups in total. The highest BCUT2D eigenvalue weighted by Gasteiger charge is 2.24. The molecule has 29 heavy (non-hydrogen) atoms. The minimum Gasteiger partial charge on any atom is -0.494 e. The van der Waals surface area contributed by atoms with E-state index in [1.165, 1.54) is 0 Å². The van der Waals surface area contributed by atoms with Gasteiger partial charge in [-0.2, -0.15) is 0 Å². The summed E-state index contributed by atoms with van der Waals surface area (Å²) in [7, 11) is 0. The van der Waals surface area contributed by atoms with Crippen LogP contribution in [-0.4, -0.2) is 29.0 Å². The second-order valence-electron chi connectivity index (χ2n) is 7.38. The molecule has 5 nitrogen and oxygen atoms in total. The lowest BCUT2D eigenvalue weighted by molar-refractivity contribution is 0.0951. The minimum absolute atomic E-state index is 0.0995. The number of hydrogen-bond donors (Lipinski definition) is 1. The lowest BCUT2D eigenvalue weighted by Gasteiger charge is -2.13. The zero-order valence-corrected chi connectivity index (χ0v) is 17.0. The number of carbonyl (C=O) groups excluding carboxylic acids is 1. The molecule has 1 fully saturated rings. The van der Waals surface area contributed by atoms with E-state index in [9.17, 15) is 9.59 Å². The smallest absolute Gasteiger partial charge is 0.263 e. The van der Waals surface area contributed by atoms with Crippen LogP contribution in [0.1, 0.15) is 35.2 Å². The Morgan fingerprint density at radius 2 is 2.03 bits per heavy atom. The summed E-state index contributed by atoms with van der Waals surface area (Å²) in [5.74, 6) is 1.08. The number of ether oxygens (including phenoxy) is 1. The normalized spacial score (nSPS) is 13.4. The molecule has 1 aromatic heterocycles. The number of hydrogen-bond acceptors (Lipinski definition) is 3. The molecule has 3 aromatic rings. The highest BCUT2D eigenvalue weighted by atomic mass is 35.5. The van der Waals surface area contributed by atoms with E-state index >= 15 is 0 Å². The standard InChI is InChI=1S/C23H23ClN2O3/c1-15-3-4-17(22(27)25-18-6-7-18)13-21(15)26-11-9-16-5-8-19(29-12-2-10-24)14-20(16)23(26)28/h3-5,8-9,11,13-14,18H,2,6-7,10,12H2,1H3,(H,25,27). The molecule has 1 aliphatic carbocycles. The Bertz CT molecular complexity index is 1120. The first-order chi connectivity index (χ1) is 14.1. The number of aromatic nitrogens is 1.